The van der Waals surface area contributed by atoms with Gasteiger partial charge >= 0.3 is 6.03 Å². The molecule has 0 radical (unpaired) electrons. The number of nitrogens with zero attached hydrogens (tertiary/aromatic N) is 2. The summed E-state index contributed by atoms with van der Waals surface area (Å²) in [7, 11) is 0. The number of carbonyl (C=O) groups excluding carboxylic acids is 2. The fourth-order valence-corrected chi connectivity index (χ4v) is 4.20. The van der Waals surface area contributed by atoms with Crippen LogP contribution in [0.4, 0.5) is 4.79 Å². The summed E-state index contributed by atoms with van der Waals surface area (Å²) in [5.41, 5.74) is -0.0417. The van der Waals surface area contributed by atoms with E-state index in [4.69, 9.17) is 0 Å². The van der Waals surface area contributed by atoms with Crippen LogP contribution in [0.15, 0.2) is 0 Å². The maximum Gasteiger partial charge on any atom is 0.318 e. The first kappa shape index (κ1) is 16.6. The van der Waals surface area contributed by atoms with Crippen molar-refractivity contribution in [3.05, 3.63) is 0 Å². The number of amides is 3. The van der Waals surface area contributed by atoms with Crippen LogP contribution < -0.4 is 5.32 Å². The van der Waals surface area contributed by atoms with Crippen molar-refractivity contribution in [2.45, 2.75) is 83.8 Å². The van der Waals surface area contributed by atoms with Gasteiger partial charge in [-0.15, -0.1) is 0 Å². The van der Waals surface area contributed by atoms with Crippen LogP contribution >= 0.6 is 0 Å². The molecule has 1 N–H and O–H groups in total. The number of rotatable bonds is 2. The summed E-state index contributed by atoms with van der Waals surface area (Å²) in [5.74, 6) is 0.128. The van der Waals surface area contributed by atoms with E-state index < -0.39 is 0 Å². The van der Waals surface area contributed by atoms with E-state index in [1.165, 1.54) is 19.3 Å². The number of hydrogen-bond acceptors (Lipinski definition) is 2. The summed E-state index contributed by atoms with van der Waals surface area (Å²) in [6.07, 6.45) is 6.74. The van der Waals surface area contributed by atoms with Gasteiger partial charge in [0.15, 0.2) is 0 Å². The highest BCUT2D eigenvalue weighted by Crippen LogP contribution is 2.46. The molecule has 0 spiro atoms. The maximum absolute atomic E-state index is 12.7. The first-order valence-corrected chi connectivity index (χ1v) is 9.13. The average molecular weight is 321 g/mol. The predicted octanol–water partition coefficient (Wildman–Crippen LogP) is 2.75. The molecule has 2 aliphatic heterocycles. The van der Waals surface area contributed by atoms with Crippen molar-refractivity contribution < 1.29 is 9.59 Å². The summed E-state index contributed by atoms with van der Waals surface area (Å²) in [5, 5.41) is 2.99. The lowest BCUT2D eigenvalue weighted by molar-refractivity contribution is -0.132. The van der Waals surface area contributed by atoms with E-state index in [0.717, 1.165) is 32.4 Å². The van der Waals surface area contributed by atoms with Gasteiger partial charge in [-0.25, -0.2) is 4.79 Å². The Kier molecular flexibility index (Phi) is 4.09. The van der Waals surface area contributed by atoms with E-state index in [1.807, 2.05) is 9.80 Å². The Morgan fingerprint density at radius 3 is 2.30 bits per heavy atom. The van der Waals surface area contributed by atoms with Gasteiger partial charge in [0.25, 0.3) is 0 Å². The molecule has 3 amide bonds. The molecule has 2 saturated heterocycles. The van der Waals surface area contributed by atoms with E-state index >= 15 is 0 Å². The molecule has 2 heterocycles. The quantitative estimate of drug-likeness (QED) is 0.850. The van der Waals surface area contributed by atoms with Crippen molar-refractivity contribution in [2.75, 3.05) is 13.1 Å². The van der Waals surface area contributed by atoms with E-state index in [9.17, 15) is 9.59 Å². The molecule has 0 unspecified atom stereocenters. The lowest BCUT2D eigenvalue weighted by atomic mass is 9.65. The van der Waals surface area contributed by atoms with Crippen LogP contribution in [0.25, 0.3) is 0 Å². The number of hydrogen-bond donors (Lipinski definition) is 1. The third kappa shape index (κ3) is 2.72. The van der Waals surface area contributed by atoms with E-state index in [1.54, 1.807) is 0 Å². The zero-order valence-corrected chi connectivity index (χ0v) is 15.0. The molecule has 5 heteroatoms. The van der Waals surface area contributed by atoms with Crippen LogP contribution in [-0.4, -0.2) is 52.5 Å². The Labute approximate surface area is 139 Å². The zero-order valence-electron chi connectivity index (χ0n) is 15.0. The highest BCUT2D eigenvalue weighted by Gasteiger charge is 2.55. The monoisotopic (exact) mass is 321 g/mol. The molecule has 3 rings (SSSR count). The van der Waals surface area contributed by atoms with Crippen molar-refractivity contribution in [2.24, 2.45) is 5.41 Å². The predicted molar refractivity (Wildman–Crippen MR) is 90.1 cm³/mol. The molecular formula is C18H31N3O2. The lowest BCUT2D eigenvalue weighted by Crippen LogP contribution is -2.72. The fourth-order valence-electron chi connectivity index (χ4n) is 4.20. The number of carbonyl (C=O) groups is 2. The standard InChI is InChI=1S/C18H31N3O2/c1-17(2)12-21(18(17,3)4)16(23)19-14-10-11-20(15(14)22)13-8-6-5-7-9-13/h13-14H,5-12H2,1-4H3,(H,19,23)/t14-/m1/s1. The van der Waals surface area contributed by atoms with Gasteiger partial charge in [-0.1, -0.05) is 33.1 Å². The first-order valence-electron chi connectivity index (χ1n) is 9.13. The van der Waals surface area contributed by atoms with Gasteiger partial charge in [0.1, 0.15) is 6.04 Å². The van der Waals surface area contributed by atoms with E-state index in [-0.39, 0.29) is 28.9 Å². The number of likely N-dealkylation sites (tertiary alicyclic amines) is 2. The molecule has 5 nitrogen and oxygen atoms in total. The Balaban J connectivity index is 1.57. The molecule has 0 aromatic heterocycles. The van der Waals surface area contributed by atoms with Gasteiger partial charge in [-0.3, -0.25) is 4.79 Å². The maximum atomic E-state index is 12.7. The van der Waals surface area contributed by atoms with Crippen molar-refractivity contribution in [3.8, 4) is 0 Å². The van der Waals surface area contributed by atoms with Crippen molar-refractivity contribution in [3.63, 3.8) is 0 Å². The molecule has 0 aromatic rings. The first-order chi connectivity index (χ1) is 10.7. The third-order valence-corrected chi connectivity index (χ3v) is 6.68. The molecule has 0 aromatic carbocycles. The lowest BCUT2D eigenvalue weighted by Gasteiger charge is -2.61. The van der Waals surface area contributed by atoms with Crippen LogP contribution in [0.3, 0.4) is 0 Å². The van der Waals surface area contributed by atoms with Gasteiger partial charge in [-0.05, 0) is 33.1 Å². The second kappa shape index (κ2) is 5.67. The second-order valence-corrected chi connectivity index (χ2v) is 8.64. The highest BCUT2D eigenvalue weighted by atomic mass is 16.2. The molecular weight excluding hydrogens is 290 g/mol. The van der Waals surface area contributed by atoms with Crippen molar-refractivity contribution in [1.29, 1.82) is 0 Å². The van der Waals surface area contributed by atoms with Crippen LogP contribution in [0, 0.1) is 5.41 Å². The van der Waals surface area contributed by atoms with E-state index in [2.05, 4.69) is 33.0 Å². The molecule has 130 valence electrons. The van der Waals surface area contributed by atoms with E-state index in [0.29, 0.717) is 6.04 Å². The summed E-state index contributed by atoms with van der Waals surface area (Å²) in [6, 6.07) is -0.0142. The van der Waals surface area contributed by atoms with Crippen LogP contribution in [0.2, 0.25) is 0 Å². The Morgan fingerprint density at radius 1 is 1.09 bits per heavy atom. The smallest absolute Gasteiger partial charge is 0.318 e. The molecule has 1 aliphatic carbocycles. The SMILES string of the molecule is CC1(C)CN(C(=O)N[C@@H]2CCN(C3CCCCC3)C2=O)C1(C)C. The van der Waals surface area contributed by atoms with Crippen LogP contribution in [0.5, 0.6) is 0 Å². The summed E-state index contributed by atoms with van der Waals surface area (Å²) in [4.78, 5) is 29.1. The molecule has 1 saturated carbocycles. The molecule has 3 fully saturated rings. The minimum atomic E-state index is -0.330. The third-order valence-electron chi connectivity index (χ3n) is 6.68. The molecule has 1 atom stereocenters. The van der Waals surface area contributed by atoms with Crippen molar-refractivity contribution >= 4 is 11.9 Å². The fraction of sp³-hybridized carbons (Fsp3) is 0.889. The van der Waals surface area contributed by atoms with Gasteiger partial charge in [0.2, 0.25) is 5.91 Å². The Morgan fingerprint density at radius 2 is 1.74 bits per heavy atom. The summed E-state index contributed by atoms with van der Waals surface area (Å²) >= 11 is 0. The molecule has 23 heavy (non-hydrogen) atoms. The second-order valence-electron chi connectivity index (χ2n) is 8.64. The molecule has 3 aliphatic rings. The minimum Gasteiger partial charge on any atom is -0.338 e. The average Bonchev–Trinajstić information content (AvgIpc) is 2.87. The van der Waals surface area contributed by atoms with Crippen LogP contribution in [0.1, 0.15) is 66.2 Å². The van der Waals surface area contributed by atoms with Crippen molar-refractivity contribution in [1.82, 2.24) is 15.1 Å². The number of nitrogens with one attached hydrogen (secondary N) is 1. The normalized spacial score (nSPS) is 30.3. The Bertz CT molecular complexity index is 494. The molecule has 0 bridgehead atoms. The minimum absolute atomic E-state index is 0.0850. The zero-order chi connectivity index (χ0) is 16.8. The largest absolute Gasteiger partial charge is 0.338 e. The Hall–Kier alpha value is -1.26. The number of urea groups is 1. The highest BCUT2D eigenvalue weighted by molar-refractivity contribution is 5.89. The summed E-state index contributed by atoms with van der Waals surface area (Å²) in [6.45, 7) is 10.1. The van der Waals surface area contributed by atoms with Gasteiger partial charge in [0.05, 0.1) is 0 Å². The summed E-state index contributed by atoms with van der Waals surface area (Å²) < 4.78 is 0. The van der Waals surface area contributed by atoms with Gasteiger partial charge < -0.3 is 15.1 Å². The van der Waals surface area contributed by atoms with Gasteiger partial charge in [0, 0.05) is 30.1 Å². The van der Waals surface area contributed by atoms with Crippen LogP contribution in [-0.2, 0) is 4.79 Å². The topological polar surface area (TPSA) is 52.7 Å². The van der Waals surface area contributed by atoms with Gasteiger partial charge in [-0.2, -0.15) is 0 Å².